The van der Waals surface area contributed by atoms with Crippen LogP contribution in [0.25, 0.3) is 0 Å². The van der Waals surface area contributed by atoms with Crippen molar-refractivity contribution in [3.63, 3.8) is 0 Å². The molecule has 5 nitrogen and oxygen atoms in total. The van der Waals surface area contributed by atoms with Crippen LogP contribution in [0.15, 0.2) is 24.3 Å². The Kier molecular flexibility index (Phi) is 8.79. The number of benzene rings is 1. The fourth-order valence-corrected chi connectivity index (χ4v) is 4.80. The number of nitrogens with zero attached hydrogens (tertiary/aromatic N) is 1. The summed E-state index contributed by atoms with van der Waals surface area (Å²) in [4.78, 5) is 27.0. The van der Waals surface area contributed by atoms with Crippen molar-refractivity contribution in [2.75, 3.05) is 13.1 Å². The van der Waals surface area contributed by atoms with Gasteiger partial charge in [-0.15, -0.1) is 0 Å². The highest BCUT2D eigenvalue weighted by atomic mass is 16.5. The number of amides is 2. The maximum Gasteiger partial charge on any atom is 0.263 e. The number of likely N-dealkylation sites (tertiary alicyclic amines) is 1. The van der Waals surface area contributed by atoms with Gasteiger partial charge in [-0.3, -0.25) is 9.59 Å². The Balaban J connectivity index is 1.37. The summed E-state index contributed by atoms with van der Waals surface area (Å²) in [5.41, 5.74) is 1.26. The van der Waals surface area contributed by atoms with Gasteiger partial charge in [0.15, 0.2) is 6.10 Å². The Hall–Kier alpha value is -2.04. The maximum absolute atomic E-state index is 12.8. The topological polar surface area (TPSA) is 58.6 Å². The summed E-state index contributed by atoms with van der Waals surface area (Å²) in [5, 5.41) is 3.19. The maximum atomic E-state index is 12.8. The Morgan fingerprint density at radius 2 is 1.65 bits per heavy atom. The number of rotatable bonds is 8. The first-order valence-electron chi connectivity index (χ1n) is 12.3. The van der Waals surface area contributed by atoms with Gasteiger partial charge in [0, 0.05) is 25.6 Å². The average molecular weight is 429 g/mol. The van der Waals surface area contributed by atoms with Gasteiger partial charge in [-0.1, -0.05) is 58.1 Å². The Bertz CT molecular complexity index is 702. The second-order valence-corrected chi connectivity index (χ2v) is 9.69. The van der Waals surface area contributed by atoms with Gasteiger partial charge < -0.3 is 15.0 Å². The number of nitrogens with one attached hydrogen (secondary N) is 1. The lowest BCUT2D eigenvalue weighted by Crippen LogP contribution is -2.49. The Morgan fingerprint density at radius 1 is 1.00 bits per heavy atom. The van der Waals surface area contributed by atoms with Crippen molar-refractivity contribution in [3.05, 3.63) is 29.8 Å². The van der Waals surface area contributed by atoms with Gasteiger partial charge in [-0.05, 0) is 55.7 Å². The number of piperidine rings is 1. The molecule has 1 atom stereocenters. The summed E-state index contributed by atoms with van der Waals surface area (Å²) in [7, 11) is 0. The van der Waals surface area contributed by atoms with Crippen LogP contribution in [0.2, 0.25) is 0 Å². The van der Waals surface area contributed by atoms with E-state index in [4.69, 9.17) is 4.74 Å². The third-order valence-corrected chi connectivity index (χ3v) is 6.88. The molecule has 1 N–H and O–H groups in total. The second-order valence-electron chi connectivity index (χ2n) is 9.69. The summed E-state index contributed by atoms with van der Waals surface area (Å²) in [5.74, 6) is 2.14. The minimum atomic E-state index is -0.508. The predicted molar refractivity (Wildman–Crippen MR) is 124 cm³/mol. The van der Waals surface area contributed by atoms with Crippen LogP contribution in [0.1, 0.15) is 90.0 Å². The third kappa shape index (κ3) is 7.26. The van der Waals surface area contributed by atoms with Crippen molar-refractivity contribution in [1.29, 1.82) is 0 Å². The van der Waals surface area contributed by atoms with Crippen LogP contribution in [0.4, 0.5) is 0 Å². The molecule has 2 aliphatic rings. The minimum Gasteiger partial charge on any atom is -0.481 e. The number of carbonyl (C=O) groups excluding carboxylic acids is 2. The fourth-order valence-electron chi connectivity index (χ4n) is 4.80. The lowest BCUT2D eigenvalue weighted by atomic mass is 9.86. The molecule has 1 aromatic carbocycles. The van der Waals surface area contributed by atoms with E-state index in [-0.39, 0.29) is 17.9 Å². The van der Waals surface area contributed by atoms with Crippen LogP contribution in [0.5, 0.6) is 5.75 Å². The van der Waals surface area contributed by atoms with Crippen LogP contribution in [0, 0.1) is 5.92 Å². The number of hydrogen-bond donors (Lipinski definition) is 1. The third-order valence-electron chi connectivity index (χ3n) is 6.88. The van der Waals surface area contributed by atoms with Crippen molar-refractivity contribution in [2.24, 2.45) is 5.92 Å². The smallest absolute Gasteiger partial charge is 0.263 e. The molecule has 1 aliphatic heterocycles. The molecule has 0 spiro atoms. The van der Waals surface area contributed by atoms with E-state index in [1.54, 1.807) is 0 Å². The first-order valence-corrected chi connectivity index (χ1v) is 12.3. The van der Waals surface area contributed by atoms with E-state index in [0.717, 1.165) is 30.9 Å². The van der Waals surface area contributed by atoms with E-state index in [0.29, 0.717) is 25.4 Å². The van der Waals surface area contributed by atoms with Crippen LogP contribution >= 0.6 is 0 Å². The first kappa shape index (κ1) is 23.6. The SMILES string of the molecule is CC(Oc1ccc(C(C)C)cc1)C(=O)N1CCC(NC(=O)CCC2CCCCC2)CC1. The van der Waals surface area contributed by atoms with Crippen LogP contribution in [-0.4, -0.2) is 41.9 Å². The molecule has 0 radical (unpaired) electrons. The van der Waals surface area contributed by atoms with E-state index in [1.807, 2.05) is 24.0 Å². The lowest BCUT2D eigenvalue weighted by Gasteiger charge is -2.34. The van der Waals surface area contributed by atoms with Crippen LogP contribution in [0.3, 0.4) is 0 Å². The monoisotopic (exact) mass is 428 g/mol. The zero-order chi connectivity index (χ0) is 22.2. The summed E-state index contributed by atoms with van der Waals surface area (Å²) < 4.78 is 5.88. The van der Waals surface area contributed by atoms with E-state index < -0.39 is 6.10 Å². The quantitative estimate of drug-likeness (QED) is 0.631. The predicted octanol–water partition coefficient (Wildman–Crippen LogP) is 5.05. The minimum absolute atomic E-state index is 0.0232. The highest BCUT2D eigenvalue weighted by molar-refractivity contribution is 5.81. The van der Waals surface area contributed by atoms with Gasteiger partial charge in [-0.2, -0.15) is 0 Å². The number of hydrogen-bond acceptors (Lipinski definition) is 3. The molecule has 2 amide bonds. The molecule has 0 aromatic heterocycles. The fraction of sp³-hybridized carbons (Fsp3) is 0.692. The Morgan fingerprint density at radius 3 is 2.26 bits per heavy atom. The molecule has 5 heteroatoms. The number of carbonyl (C=O) groups is 2. The van der Waals surface area contributed by atoms with Crippen molar-refractivity contribution in [1.82, 2.24) is 10.2 Å². The molecule has 31 heavy (non-hydrogen) atoms. The van der Waals surface area contributed by atoms with Crippen LogP contribution in [-0.2, 0) is 9.59 Å². The number of ether oxygens (including phenoxy) is 1. The summed E-state index contributed by atoms with van der Waals surface area (Å²) in [6, 6.07) is 8.17. The van der Waals surface area contributed by atoms with Crippen molar-refractivity contribution in [3.8, 4) is 5.75 Å². The zero-order valence-electron chi connectivity index (χ0n) is 19.6. The molecule has 1 saturated carbocycles. The van der Waals surface area contributed by atoms with Gasteiger partial charge in [0.1, 0.15) is 5.75 Å². The van der Waals surface area contributed by atoms with Gasteiger partial charge >= 0.3 is 0 Å². The summed E-state index contributed by atoms with van der Waals surface area (Å²) in [6.45, 7) is 7.48. The highest BCUT2D eigenvalue weighted by Gasteiger charge is 2.28. The summed E-state index contributed by atoms with van der Waals surface area (Å²) >= 11 is 0. The zero-order valence-corrected chi connectivity index (χ0v) is 19.6. The van der Waals surface area contributed by atoms with Crippen LogP contribution < -0.4 is 10.1 Å². The molecule has 1 saturated heterocycles. The largest absolute Gasteiger partial charge is 0.481 e. The normalized spacial score (nSPS) is 19.3. The van der Waals surface area contributed by atoms with Gasteiger partial charge in [-0.25, -0.2) is 0 Å². The van der Waals surface area contributed by atoms with Gasteiger partial charge in [0.05, 0.1) is 0 Å². The Labute approximate surface area is 187 Å². The second kappa shape index (κ2) is 11.5. The van der Waals surface area contributed by atoms with Crippen molar-refractivity contribution in [2.45, 2.75) is 96.6 Å². The van der Waals surface area contributed by atoms with E-state index in [1.165, 1.54) is 37.7 Å². The molecule has 3 rings (SSSR count). The molecule has 2 fully saturated rings. The molecular formula is C26H40N2O3. The van der Waals surface area contributed by atoms with Crippen molar-refractivity contribution < 1.29 is 14.3 Å². The van der Waals surface area contributed by atoms with Gasteiger partial charge in [0.2, 0.25) is 5.91 Å². The molecular weight excluding hydrogens is 388 g/mol. The molecule has 172 valence electrons. The lowest BCUT2D eigenvalue weighted by molar-refractivity contribution is -0.139. The molecule has 0 bridgehead atoms. The molecule has 1 aliphatic carbocycles. The summed E-state index contributed by atoms with van der Waals surface area (Å²) in [6.07, 6.45) is 9.37. The van der Waals surface area contributed by atoms with E-state index >= 15 is 0 Å². The average Bonchev–Trinajstić information content (AvgIpc) is 2.79. The highest BCUT2D eigenvalue weighted by Crippen LogP contribution is 2.27. The van der Waals surface area contributed by atoms with E-state index in [2.05, 4.69) is 31.3 Å². The molecule has 1 aromatic rings. The van der Waals surface area contributed by atoms with Gasteiger partial charge in [0.25, 0.3) is 5.91 Å². The first-order chi connectivity index (χ1) is 14.9. The molecule has 1 unspecified atom stereocenters. The standard InChI is InChI=1S/C26H40N2O3/c1-19(2)22-10-12-24(13-11-22)31-20(3)26(30)28-17-15-23(16-18-28)27-25(29)14-9-21-7-5-4-6-8-21/h10-13,19-21,23H,4-9,14-18H2,1-3H3,(H,27,29). The van der Waals surface area contributed by atoms with E-state index in [9.17, 15) is 9.59 Å². The molecule has 1 heterocycles. The van der Waals surface area contributed by atoms with Crippen molar-refractivity contribution >= 4 is 11.8 Å².